The first-order valence-corrected chi connectivity index (χ1v) is 10.5. The highest BCUT2D eigenvalue weighted by molar-refractivity contribution is 7.89. The van der Waals surface area contributed by atoms with Gasteiger partial charge in [0.05, 0.1) is 15.5 Å². The van der Waals surface area contributed by atoms with Crippen LogP contribution in [0.5, 0.6) is 0 Å². The number of nitrogens with zero attached hydrogens (tertiary/aromatic N) is 1. The summed E-state index contributed by atoms with van der Waals surface area (Å²) in [6.07, 6.45) is 1.31. The number of hydrogen-bond donors (Lipinski definition) is 1. The van der Waals surface area contributed by atoms with Crippen molar-refractivity contribution in [2.45, 2.75) is 17.7 Å². The van der Waals surface area contributed by atoms with Crippen LogP contribution in [0, 0.1) is 11.7 Å². The zero-order chi connectivity index (χ0) is 19.4. The molecule has 0 radical (unpaired) electrons. The van der Waals surface area contributed by atoms with Gasteiger partial charge in [0.1, 0.15) is 5.82 Å². The lowest BCUT2D eigenvalue weighted by Gasteiger charge is -2.31. The Morgan fingerprint density at radius 1 is 1.15 bits per heavy atom. The molecule has 0 aliphatic carbocycles. The SMILES string of the molecule is O=C(NCC1CCN(S(=O)(=O)c2ccccc2)CC1)c1ccc(F)cc1Cl. The molecule has 1 amide bonds. The maximum atomic E-state index is 13.1. The summed E-state index contributed by atoms with van der Waals surface area (Å²) in [5.74, 6) is -0.682. The van der Waals surface area contributed by atoms with E-state index in [0.717, 1.165) is 6.07 Å². The number of sulfonamides is 1. The van der Waals surface area contributed by atoms with E-state index in [0.29, 0.717) is 37.4 Å². The zero-order valence-electron chi connectivity index (χ0n) is 14.6. The number of rotatable bonds is 5. The fourth-order valence-corrected chi connectivity index (χ4v) is 4.84. The van der Waals surface area contributed by atoms with Crippen molar-refractivity contribution in [3.63, 3.8) is 0 Å². The summed E-state index contributed by atoms with van der Waals surface area (Å²) in [5, 5.41) is 2.87. The first-order chi connectivity index (χ1) is 12.9. The molecule has 8 heteroatoms. The smallest absolute Gasteiger partial charge is 0.252 e. The van der Waals surface area contributed by atoms with Crippen LogP contribution in [0.1, 0.15) is 23.2 Å². The van der Waals surface area contributed by atoms with Gasteiger partial charge in [0.2, 0.25) is 10.0 Å². The van der Waals surface area contributed by atoms with E-state index in [-0.39, 0.29) is 22.4 Å². The predicted molar refractivity (Wildman–Crippen MR) is 102 cm³/mol. The molecule has 144 valence electrons. The van der Waals surface area contributed by atoms with Crippen LogP contribution in [0.25, 0.3) is 0 Å². The molecule has 5 nitrogen and oxygen atoms in total. The van der Waals surface area contributed by atoms with Gasteiger partial charge in [-0.2, -0.15) is 4.31 Å². The van der Waals surface area contributed by atoms with Crippen LogP contribution in [0.15, 0.2) is 53.4 Å². The largest absolute Gasteiger partial charge is 0.352 e. The van der Waals surface area contributed by atoms with E-state index >= 15 is 0 Å². The van der Waals surface area contributed by atoms with Gasteiger partial charge in [0, 0.05) is 19.6 Å². The molecule has 0 unspecified atom stereocenters. The molecule has 2 aromatic carbocycles. The molecule has 3 rings (SSSR count). The van der Waals surface area contributed by atoms with E-state index in [1.807, 2.05) is 0 Å². The third-order valence-electron chi connectivity index (χ3n) is 4.68. The first-order valence-electron chi connectivity index (χ1n) is 8.66. The third kappa shape index (κ3) is 4.66. The molecule has 0 saturated carbocycles. The Bertz CT molecular complexity index is 914. The topological polar surface area (TPSA) is 66.5 Å². The van der Waals surface area contributed by atoms with E-state index in [9.17, 15) is 17.6 Å². The van der Waals surface area contributed by atoms with Crippen LogP contribution in [0.4, 0.5) is 4.39 Å². The van der Waals surface area contributed by atoms with Gasteiger partial charge in [0.25, 0.3) is 5.91 Å². The van der Waals surface area contributed by atoms with Crippen LogP contribution >= 0.6 is 11.6 Å². The number of carbonyl (C=O) groups is 1. The van der Waals surface area contributed by atoms with Gasteiger partial charge in [-0.3, -0.25) is 4.79 Å². The van der Waals surface area contributed by atoms with Crippen molar-refractivity contribution in [3.05, 3.63) is 64.9 Å². The second-order valence-electron chi connectivity index (χ2n) is 6.49. The van der Waals surface area contributed by atoms with E-state index in [1.54, 1.807) is 30.3 Å². The van der Waals surface area contributed by atoms with Gasteiger partial charge in [-0.1, -0.05) is 29.8 Å². The van der Waals surface area contributed by atoms with Gasteiger partial charge in [-0.15, -0.1) is 0 Å². The maximum absolute atomic E-state index is 13.1. The Morgan fingerprint density at radius 3 is 2.44 bits per heavy atom. The van der Waals surface area contributed by atoms with Crippen LogP contribution in [-0.4, -0.2) is 38.3 Å². The van der Waals surface area contributed by atoms with Gasteiger partial charge < -0.3 is 5.32 Å². The molecule has 0 bridgehead atoms. The summed E-state index contributed by atoms with van der Waals surface area (Å²) in [4.78, 5) is 12.5. The lowest BCUT2D eigenvalue weighted by Crippen LogP contribution is -2.41. The van der Waals surface area contributed by atoms with Gasteiger partial charge in [0.15, 0.2) is 0 Å². The Balaban J connectivity index is 1.53. The average Bonchev–Trinajstić information content (AvgIpc) is 2.67. The van der Waals surface area contributed by atoms with Crippen LogP contribution in [0.3, 0.4) is 0 Å². The monoisotopic (exact) mass is 410 g/mol. The number of halogens is 2. The molecule has 0 atom stereocenters. The minimum atomic E-state index is -3.48. The Kier molecular flexibility index (Phi) is 6.14. The molecule has 27 heavy (non-hydrogen) atoms. The molecular weight excluding hydrogens is 391 g/mol. The van der Waals surface area contributed by atoms with Crippen molar-refractivity contribution in [2.24, 2.45) is 5.92 Å². The third-order valence-corrected chi connectivity index (χ3v) is 6.91. The minimum Gasteiger partial charge on any atom is -0.352 e. The molecule has 0 spiro atoms. The fraction of sp³-hybridized carbons (Fsp3) is 0.316. The minimum absolute atomic E-state index is 0.0660. The Labute approximate surface area is 163 Å². The highest BCUT2D eigenvalue weighted by atomic mass is 35.5. The standard InChI is InChI=1S/C19H20ClFN2O3S/c20-18-12-15(21)6-7-17(18)19(24)22-13-14-8-10-23(11-9-14)27(25,26)16-4-2-1-3-5-16/h1-7,12,14H,8-11,13H2,(H,22,24). The Hall–Kier alpha value is -1.96. The molecular formula is C19H20ClFN2O3S. The first kappa shape index (κ1) is 19.8. The number of amides is 1. The molecule has 0 aromatic heterocycles. The van der Waals surface area contributed by atoms with Crippen molar-refractivity contribution in [3.8, 4) is 0 Å². The zero-order valence-corrected chi connectivity index (χ0v) is 16.1. The van der Waals surface area contributed by atoms with E-state index in [1.165, 1.54) is 16.4 Å². The number of carbonyl (C=O) groups excluding carboxylic acids is 1. The summed E-state index contributed by atoms with van der Waals surface area (Å²) in [7, 11) is -3.48. The molecule has 1 fully saturated rings. The molecule has 1 N–H and O–H groups in total. The van der Waals surface area contributed by atoms with Crippen molar-refractivity contribution in [1.29, 1.82) is 0 Å². The lowest BCUT2D eigenvalue weighted by atomic mass is 9.98. The highest BCUT2D eigenvalue weighted by Crippen LogP contribution is 2.24. The Morgan fingerprint density at radius 2 is 1.81 bits per heavy atom. The predicted octanol–water partition coefficient (Wildman–Crippen LogP) is 3.31. The highest BCUT2D eigenvalue weighted by Gasteiger charge is 2.29. The van der Waals surface area contributed by atoms with Crippen molar-refractivity contribution in [1.82, 2.24) is 9.62 Å². The van der Waals surface area contributed by atoms with Crippen molar-refractivity contribution in [2.75, 3.05) is 19.6 Å². The number of benzene rings is 2. The maximum Gasteiger partial charge on any atom is 0.252 e. The summed E-state index contributed by atoms with van der Waals surface area (Å²) in [6, 6.07) is 12.0. The summed E-state index contributed by atoms with van der Waals surface area (Å²) in [5.41, 5.74) is 0.224. The molecule has 1 heterocycles. The van der Waals surface area contributed by atoms with Gasteiger partial charge >= 0.3 is 0 Å². The van der Waals surface area contributed by atoms with E-state index < -0.39 is 15.8 Å². The van der Waals surface area contributed by atoms with E-state index in [2.05, 4.69) is 5.32 Å². The summed E-state index contributed by atoms with van der Waals surface area (Å²) >= 11 is 5.90. The lowest BCUT2D eigenvalue weighted by molar-refractivity contribution is 0.0941. The number of hydrogen-bond acceptors (Lipinski definition) is 3. The molecule has 2 aromatic rings. The summed E-state index contributed by atoms with van der Waals surface area (Å²) < 4.78 is 39.8. The van der Waals surface area contributed by atoms with Crippen LogP contribution in [0.2, 0.25) is 5.02 Å². The molecule has 1 aliphatic rings. The average molecular weight is 411 g/mol. The second kappa shape index (κ2) is 8.37. The van der Waals surface area contributed by atoms with Crippen LogP contribution in [-0.2, 0) is 10.0 Å². The van der Waals surface area contributed by atoms with Crippen molar-refractivity contribution < 1.29 is 17.6 Å². The van der Waals surface area contributed by atoms with Crippen molar-refractivity contribution >= 4 is 27.5 Å². The molecule has 1 saturated heterocycles. The normalized spacial score (nSPS) is 16.2. The number of nitrogens with one attached hydrogen (secondary N) is 1. The van der Waals surface area contributed by atoms with E-state index in [4.69, 9.17) is 11.6 Å². The summed E-state index contributed by atoms with van der Waals surface area (Å²) in [6.45, 7) is 1.25. The van der Waals surface area contributed by atoms with Crippen LogP contribution < -0.4 is 5.32 Å². The molecule has 1 aliphatic heterocycles. The second-order valence-corrected chi connectivity index (χ2v) is 8.84. The van der Waals surface area contributed by atoms with Gasteiger partial charge in [-0.05, 0) is 49.1 Å². The fourth-order valence-electron chi connectivity index (χ4n) is 3.10. The quantitative estimate of drug-likeness (QED) is 0.822. The van der Waals surface area contributed by atoms with Gasteiger partial charge in [-0.25, -0.2) is 12.8 Å². The number of piperidine rings is 1.